The number of non-ortho nitro benzene ring substituents is 1. The van der Waals surface area contributed by atoms with E-state index in [2.05, 4.69) is 17.0 Å². The number of fused-ring (bicyclic) bond motifs is 2. The molecule has 2 aromatic heterocycles. The van der Waals surface area contributed by atoms with Crippen LogP contribution in [0.15, 0.2) is 72.8 Å². The summed E-state index contributed by atoms with van der Waals surface area (Å²) in [6.07, 6.45) is 1.40. The summed E-state index contributed by atoms with van der Waals surface area (Å²) in [6.45, 7) is 2.90. The summed E-state index contributed by atoms with van der Waals surface area (Å²) in [4.78, 5) is 23.7. The SMILES string of the molecule is COc1ccc(CN(Cc2ccccc2)c2nc(-n3c(C)cc4c([N+](=O)[O-])cccc43)nc3c2CCC[C@@H]3O)c(OC)c1. The number of aliphatic hydroxyl groups is 1. The smallest absolute Gasteiger partial charge is 0.278 e. The molecular weight excluding hydrogens is 546 g/mol. The number of hydrogen-bond acceptors (Lipinski definition) is 8. The van der Waals surface area contributed by atoms with Crippen molar-refractivity contribution in [2.75, 3.05) is 19.1 Å². The molecule has 1 aliphatic carbocycles. The summed E-state index contributed by atoms with van der Waals surface area (Å²) in [5, 5.41) is 23.5. The van der Waals surface area contributed by atoms with E-state index in [0.29, 0.717) is 59.4 Å². The third-order valence-electron chi connectivity index (χ3n) is 8.00. The molecule has 0 aliphatic heterocycles. The Hall–Kier alpha value is -4.96. The van der Waals surface area contributed by atoms with Crippen LogP contribution in [0.1, 0.15) is 47.0 Å². The van der Waals surface area contributed by atoms with Crippen molar-refractivity contribution < 1.29 is 19.5 Å². The molecule has 0 radical (unpaired) electrons. The molecule has 10 nitrogen and oxygen atoms in total. The number of nitrogens with zero attached hydrogens (tertiary/aromatic N) is 5. The third kappa shape index (κ3) is 5.37. The number of aromatic nitrogens is 3. The highest BCUT2D eigenvalue weighted by Gasteiger charge is 2.29. The van der Waals surface area contributed by atoms with Gasteiger partial charge < -0.3 is 19.5 Å². The van der Waals surface area contributed by atoms with Gasteiger partial charge in [0.25, 0.3) is 5.69 Å². The lowest BCUT2D eigenvalue weighted by Crippen LogP contribution is -2.28. The second kappa shape index (κ2) is 11.7. The molecule has 0 saturated carbocycles. The Balaban J connectivity index is 1.56. The number of anilines is 1. The molecule has 3 aromatic carbocycles. The van der Waals surface area contributed by atoms with Crippen LogP contribution in [0.4, 0.5) is 11.5 Å². The highest BCUT2D eigenvalue weighted by atomic mass is 16.6. The van der Waals surface area contributed by atoms with Gasteiger partial charge in [0.2, 0.25) is 5.95 Å². The van der Waals surface area contributed by atoms with Gasteiger partial charge >= 0.3 is 0 Å². The standard InChI is InChI=1S/C33H33N5O5/c1-21-17-26-27(12-8-13-28(26)38(40)41)37(21)33-34-31-25(11-7-14-29(31)39)32(35-33)36(19-22-9-5-4-6-10-22)20-23-15-16-24(42-2)18-30(23)43-3/h4-6,8-10,12-13,15-18,29,39H,7,11,14,19-20H2,1-3H3/t29-/m0/s1. The maximum absolute atomic E-state index is 11.8. The van der Waals surface area contributed by atoms with Gasteiger partial charge in [-0.2, -0.15) is 4.98 Å². The van der Waals surface area contributed by atoms with E-state index in [4.69, 9.17) is 19.4 Å². The highest BCUT2D eigenvalue weighted by molar-refractivity contribution is 5.91. The van der Waals surface area contributed by atoms with Crippen LogP contribution < -0.4 is 14.4 Å². The molecule has 0 spiro atoms. The van der Waals surface area contributed by atoms with Crippen molar-refractivity contribution in [2.24, 2.45) is 0 Å². The Morgan fingerprint density at radius 3 is 2.58 bits per heavy atom. The molecule has 1 N–H and O–H groups in total. The van der Waals surface area contributed by atoms with E-state index in [1.807, 2.05) is 54.0 Å². The summed E-state index contributed by atoms with van der Waals surface area (Å²) < 4.78 is 13.0. The fraction of sp³-hybridized carbons (Fsp3) is 0.273. The van der Waals surface area contributed by atoms with Crippen LogP contribution >= 0.6 is 0 Å². The normalized spacial score (nSPS) is 14.4. The van der Waals surface area contributed by atoms with Crippen molar-refractivity contribution in [3.63, 3.8) is 0 Å². The first-order valence-electron chi connectivity index (χ1n) is 14.2. The Kier molecular flexibility index (Phi) is 7.69. The van der Waals surface area contributed by atoms with E-state index in [9.17, 15) is 15.2 Å². The van der Waals surface area contributed by atoms with Crippen LogP contribution in [0.2, 0.25) is 0 Å². The zero-order chi connectivity index (χ0) is 30.1. The Morgan fingerprint density at radius 2 is 1.84 bits per heavy atom. The zero-order valence-corrected chi connectivity index (χ0v) is 24.4. The maximum Gasteiger partial charge on any atom is 0.278 e. The van der Waals surface area contributed by atoms with E-state index >= 15 is 0 Å². The Morgan fingerprint density at radius 1 is 1.02 bits per heavy atom. The lowest BCUT2D eigenvalue weighted by Gasteiger charge is -2.31. The van der Waals surface area contributed by atoms with Gasteiger partial charge in [0.1, 0.15) is 17.3 Å². The number of rotatable bonds is 9. The average Bonchev–Trinajstić information content (AvgIpc) is 3.36. The summed E-state index contributed by atoms with van der Waals surface area (Å²) in [6, 6.07) is 22.7. The van der Waals surface area contributed by atoms with Gasteiger partial charge in [-0.25, -0.2) is 4.98 Å². The maximum atomic E-state index is 11.8. The van der Waals surface area contributed by atoms with Crippen molar-refractivity contribution in [1.82, 2.24) is 14.5 Å². The molecule has 0 saturated heterocycles. The number of hydrogen-bond donors (Lipinski definition) is 1. The van der Waals surface area contributed by atoms with Gasteiger partial charge in [0.15, 0.2) is 0 Å². The van der Waals surface area contributed by atoms with E-state index in [1.54, 1.807) is 26.4 Å². The van der Waals surface area contributed by atoms with Crippen molar-refractivity contribution in [1.29, 1.82) is 0 Å². The van der Waals surface area contributed by atoms with E-state index in [-0.39, 0.29) is 10.6 Å². The number of aliphatic hydroxyl groups excluding tert-OH is 1. The van der Waals surface area contributed by atoms with E-state index in [0.717, 1.165) is 35.2 Å². The molecule has 6 rings (SSSR count). The summed E-state index contributed by atoms with van der Waals surface area (Å²) in [5.74, 6) is 2.47. The van der Waals surface area contributed by atoms with Crippen LogP contribution in [0.3, 0.4) is 0 Å². The molecular formula is C33H33N5O5. The van der Waals surface area contributed by atoms with Gasteiger partial charge in [-0.05, 0) is 56.0 Å². The molecule has 0 bridgehead atoms. The van der Waals surface area contributed by atoms with Crippen LogP contribution in [-0.4, -0.2) is 38.8 Å². The average molecular weight is 580 g/mol. The van der Waals surface area contributed by atoms with Crippen molar-refractivity contribution in [3.05, 3.63) is 111 Å². The van der Waals surface area contributed by atoms with Gasteiger partial charge in [0.05, 0.1) is 41.8 Å². The number of aryl methyl sites for hydroxylation is 1. The van der Waals surface area contributed by atoms with Gasteiger partial charge in [-0.15, -0.1) is 0 Å². The molecule has 220 valence electrons. The first kappa shape index (κ1) is 28.2. The summed E-state index contributed by atoms with van der Waals surface area (Å²) in [7, 11) is 3.26. The van der Waals surface area contributed by atoms with Gasteiger partial charge in [0, 0.05) is 42.0 Å². The first-order chi connectivity index (χ1) is 20.9. The van der Waals surface area contributed by atoms with Crippen molar-refractivity contribution in [2.45, 2.75) is 45.4 Å². The fourth-order valence-corrected chi connectivity index (χ4v) is 5.93. The first-order valence-corrected chi connectivity index (χ1v) is 14.2. The van der Waals surface area contributed by atoms with Crippen molar-refractivity contribution in [3.8, 4) is 17.4 Å². The third-order valence-corrected chi connectivity index (χ3v) is 8.00. The monoisotopic (exact) mass is 579 g/mol. The zero-order valence-electron chi connectivity index (χ0n) is 24.4. The number of benzene rings is 3. The minimum Gasteiger partial charge on any atom is -0.497 e. The second-order valence-electron chi connectivity index (χ2n) is 10.7. The number of methoxy groups -OCH3 is 2. The summed E-state index contributed by atoms with van der Waals surface area (Å²) in [5.41, 5.74) is 4.96. The lowest BCUT2D eigenvalue weighted by molar-refractivity contribution is -0.383. The molecule has 43 heavy (non-hydrogen) atoms. The summed E-state index contributed by atoms with van der Waals surface area (Å²) >= 11 is 0. The van der Waals surface area contributed by atoms with E-state index in [1.165, 1.54) is 6.07 Å². The molecule has 5 aromatic rings. The number of ether oxygens (including phenoxy) is 2. The van der Waals surface area contributed by atoms with Crippen LogP contribution in [0.5, 0.6) is 11.5 Å². The minimum absolute atomic E-state index is 0.0230. The molecule has 2 heterocycles. The Labute approximate surface area is 249 Å². The molecule has 0 amide bonds. The quantitative estimate of drug-likeness (QED) is 0.161. The Bertz CT molecular complexity index is 1800. The van der Waals surface area contributed by atoms with Crippen LogP contribution in [0, 0.1) is 17.0 Å². The largest absolute Gasteiger partial charge is 0.497 e. The number of nitro benzene ring substituents is 1. The van der Waals surface area contributed by atoms with Crippen LogP contribution in [0.25, 0.3) is 16.9 Å². The molecule has 10 heteroatoms. The second-order valence-corrected chi connectivity index (χ2v) is 10.7. The number of nitro groups is 1. The molecule has 0 fully saturated rings. The predicted octanol–water partition coefficient (Wildman–Crippen LogP) is 6.23. The van der Waals surface area contributed by atoms with Gasteiger partial charge in [-0.3, -0.25) is 14.7 Å². The lowest BCUT2D eigenvalue weighted by atomic mass is 9.93. The van der Waals surface area contributed by atoms with Crippen LogP contribution in [-0.2, 0) is 19.5 Å². The fourth-order valence-electron chi connectivity index (χ4n) is 5.93. The molecule has 0 unspecified atom stereocenters. The van der Waals surface area contributed by atoms with Crippen molar-refractivity contribution >= 4 is 22.4 Å². The minimum atomic E-state index is -0.741. The molecule has 1 atom stereocenters. The predicted molar refractivity (Wildman–Crippen MR) is 164 cm³/mol. The highest BCUT2D eigenvalue weighted by Crippen LogP contribution is 2.38. The topological polar surface area (TPSA) is 116 Å². The van der Waals surface area contributed by atoms with E-state index < -0.39 is 6.10 Å². The molecule has 1 aliphatic rings. The van der Waals surface area contributed by atoms with Gasteiger partial charge in [-0.1, -0.05) is 36.4 Å².